The molecule has 6 rings (SSSR count). The maximum atomic E-state index is 11.4. The lowest BCUT2D eigenvalue weighted by Gasteiger charge is -2.45. The lowest BCUT2D eigenvalue weighted by molar-refractivity contribution is -0.0550. The lowest BCUT2D eigenvalue weighted by atomic mass is 9.64. The predicted molar refractivity (Wildman–Crippen MR) is 153 cm³/mol. The molecule has 2 aliphatic carbocycles. The van der Waals surface area contributed by atoms with Crippen LogP contribution in [0.1, 0.15) is 81.5 Å². The standard InChI is InChI=1S/C32H29Cl2NO5/c1-17-6-7-20(31(36)37)12-23(17)21-14-32(38,15-21)25-11-10-22(13-27(25)34)39-16-24-29(35-40-30(24)19-8-9-19)28-18(2)4-3-5-26(28)33/h3-7,10-13,19,21,38H,8-9,14-16H2,1-2H3,(H,36,37). The van der Waals surface area contributed by atoms with Gasteiger partial charge in [-0.15, -0.1) is 0 Å². The summed E-state index contributed by atoms with van der Waals surface area (Å²) in [6.45, 7) is 4.20. The SMILES string of the molecule is Cc1ccc(C(=O)O)cc1C1CC(O)(c2ccc(OCc3c(-c4c(C)cccc4Cl)noc3C3CC3)cc2Cl)C1. The van der Waals surface area contributed by atoms with Crippen molar-refractivity contribution in [2.45, 2.75) is 63.6 Å². The van der Waals surface area contributed by atoms with E-state index >= 15 is 0 Å². The number of aromatic carboxylic acids is 1. The summed E-state index contributed by atoms with van der Waals surface area (Å²) in [5, 5.41) is 26.2. The first-order valence-corrected chi connectivity index (χ1v) is 14.1. The van der Waals surface area contributed by atoms with Crippen LogP contribution in [0.3, 0.4) is 0 Å². The molecule has 0 radical (unpaired) electrons. The fraction of sp³-hybridized carbons (Fsp3) is 0.312. The van der Waals surface area contributed by atoms with Crippen molar-refractivity contribution in [1.82, 2.24) is 5.16 Å². The molecule has 40 heavy (non-hydrogen) atoms. The zero-order valence-corrected chi connectivity index (χ0v) is 23.7. The van der Waals surface area contributed by atoms with Gasteiger partial charge in [-0.25, -0.2) is 4.79 Å². The second-order valence-corrected chi connectivity index (χ2v) is 11.8. The van der Waals surface area contributed by atoms with Gasteiger partial charge in [0, 0.05) is 17.0 Å². The van der Waals surface area contributed by atoms with E-state index in [0.717, 1.165) is 46.4 Å². The van der Waals surface area contributed by atoms with Crippen molar-refractivity contribution in [3.8, 4) is 17.0 Å². The van der Waals surface area contributed by atoms with Crippen molar-refractivity contribution >= 4 is 29.2 Å². The van der Waals surface area contributed by atoms with Crippen LogP contribution in [0.5, 0.6) is 5.75 Å². The Hall–Kier alpha value is -3.32. The van der Waals surface area contributed by atoms with Gasteiger partial charge in [0.1, 0.15) is 23.8 Å². The third-order valence-electron chi connectivity index (χ3n) is 8.18. The molecule has 6 nitrogen and oxygen atoms in total. The Kier molecular flexibility index (Phi) is 6.89. The third kappa shape index (κ3) is 4.89. The molecule has 4 aromatic rings. The highest BCUT2D eigenvalue weighted by molar-refractivity contribution is 6.33. The molecule has 0 bridgehead atoms. The van der Waals surface area contributed by atoms with Crippen molar-refractivity contribution in [2.24, 2.45) is 0 Å². The molecule has 2 aliphatic rings. The Labute approximate surface area is 242 Å². The van der Waals surface area contributed by atoms with E-state index in [9.17, 15) is 15.0 Å². The molecule has 0 aliphatic heterocycles. The normalized spacial score (nSPS) is 20.3. The molecular weight excluding hydrogens is 549 g/mol. The average molecular weight is 578 g/mol. The number of aliphatic hydroxyl groups is 1. The fourth-order valence-electron chi connectivity index (χ4n) is 5.78. The number of rotatable bonds is 8. The van der Waals surface area contributed by atoms with E-state index in [1.165, 1.54) is 0 Å². The van der Waals surface area contributed by atoms with E-state index in [4.69, 9.17) is 32.5 Å². The van der Waals surface area contributed by atoms with E-state index < -0.39 is 11.6 Å². The molecule has 2 fully saturated rings. The van der Waals surface area contributed by atoms with E-state index in [2.05, 4.69) is 5.16 Å². The molecule has 0 unspecified atom stereocenters. The van der Waals surface area contributed by atoms with E-state index in [1.807, 2.05) is 50.2 Å². The number of aryl methyl sites for hydroxylation is 2. The van der Waals surface area contributed by atoms with Gasteiger partial charge < -0.3 is 19.5 Å². The highest BCUT2D eigenvalue weighted by Gasteiger charge is 2.46. The summed E-state index contributed by atoms with van der Waals surface area (Å²) in [5.74, 6) is 0.850. The first-order valence-electron chi connectivity index (χ1n) is 13.4. The van der Waals surface area contributed by atoms with Crippen molar-refractivity contribution in [2.75, 3.05) is 0 Å². The highest BCUT2D eigenvalue weighted by Crippen LogP contribution is 2.53. The number of hydrogen-bond acceptors (Lipinski definition) is 5. The lowest BCUT2D eigenvalue weighted by Crippen LogP contribution is -2.40. The Morgan fingerprint density at radius 1 is 1.02 bits per heavy atom. The zero-order valence-electron chi connectivity index (χ0n) is 22.2. The Morgan fingerprint density at radius 2 is 1.80 bits per heavy atom. The molecule has 0 amide bonds. The molecular formula is C32H29Cl2NO5. The summed E-state index contributed by atoms with van der Waals surface area (Å²) in [6.07, 6.45) is 3.04. The smallest absolute Gasteiger partial charge is 0.335 e. The largest absolute Gasteiger partial charge is 0.489 e. The highest BCUT2D eigenvalue weighted by atomic mass is 35.5. The minimum Gasteiger partial charge on any atom is -0.489 e. The van der Waals surface area contributed by atoms with E-state index in [0.29, 0.717) is 45.8 Å². The average Bonchev–Trinajstić information content (AvgIpc) is 3.66. The number of aromatic nitrogens is 1. The van der Waals surface area contributed by atoms with Crippen molar-refractivity contribution in [1.29, 1.82) is 0 Å². The van der Waals surface area contributed by atoms with Crippen LogP contribution in [0.2, 0.25) is 10.0 Å². The number of carbonyl (C=O) groups is 1. The van der Waals surface area contributed by atoms with Crippen LogP contribution in [-0.2, 0) is 12.2 Å². The minimum atomic E-state index is -1.09. The van der Waals surface area contributed by atoms with Crippen LogP contribution in [-0.4, -0.2) is 21.3 Å². The van der Waals surface area contributed by atoms with Crippen LogP contribution in [0, 0.1) is 13.8 Å². The Bertz CT molecular complexity index is 1600. The van der Waals surface area contributed by atoms with Gasteiger partial charge in [-0.3, -0.25) is 0 Å². The summed E-state index contributed by atoms with van der Waals surface area (Å²) < 4.78 is 12.0. The third-order valence-corrected chi connectivity index (χ3v) is 8.81. The van der Waals surface area contributed by atoms with E-state index in [-0.39, 0.29) is 18.1 Å². The summed E-state index contributed by atoms with van der Waals surface area (Å²) in [5.41, 5.74) is 5.20. The second kappa shape index (κ2) is 10.3. The molecule has 2 N–H and O–H groups in total. The topological polar surface area (TPSA) is 92.8 Å². The van der Waals surface area contributed by atoms with Gasteiger partial charge in [-0.05, 0) is 92.5 Å². The van der Waals surface area contributed by atoms with Crippen molar-refractivity contribution < 1.29 is 24.3 Å². The fourth-order valence-corrected chi connectivity index (χ4v) is 6.44. The van der Waals surface area contributed by atoms with Crippen molar-refractivity contribution in [3.63, 3.8) is 0 Å². The van der Waals surface area contributed by atoms with Crippen LogP contribution >= 0.6 is 23.2 Å². The van der Waals surface area contributed by atoms with Crippen LogP contribution in [0.25, 0.3) is 11.3 Å². The summed E-state index contributed by atoms with van der Waals surface area (Å²) in [7, 11) is 0. The quantitative estimate of drug-likeness (QED) is 0.219. The van der Waals surface area contributed by atoms with Gasteiger partial charge in [0.15, 0.2) is 0 Å². The molecule has 2 saturated carbocycles. The molecule has 206 valence electrons. The first kappa shape index (κ1) is 26.9. The molecule has 0 saturated heterocycles. The molecule has 8 heteroatoms. The maximum absolute atomic E-state index is 11.4. The van der Waals surface area contributed by atoms with Gasteiger partial charge in [0.2, 0.25) is 0 Å². The van der Waals surface area contributed by atoms with E-state index in [1.54, 1.807) is 18.2 Å². The summed E-state index contributed by atoms with van der Waals surface area (Å²) in [6, 6.07) is 16.2. The van der Waals surface area contributed by atoms with Gasteiger partial charge >= 0.3 is 5.97 Å². The van der Waals surface area contributed by atoms with Gasteiger partial charge in [0.25, 0.3) is 0 Å². The number of nitrogens with zero attached hydrogens (tertiary/aromatic N) is 1. The first-order chi connectivity index (χ1) is 19.1. The molecule has 1 aromatic heterocycles. The molecule has 0 atom stereocenters. The number of halogens is 2. The number of carboxylic acids is 1. The van der Waals surface area contributed by atoms with Gasteiger partial charge in [-0.1, -0.05) is 52.6 Å². The van der Waals surface area contributed by atoms with Crippen LogP contribution in [0.4, 0.5) is 0 Å². The van der Waals surface area contributed by atoms with Crippen LogP contribution < -0.4 is 4.74 Å². The number of hydrogen-bond donors (Lipinski definition) is 2. The maximum Gasteiger partial charge on any atom is 0.335 e. The summed E-state index contributed by atoms with van der Waals surface area (Å²) >= 11 is 13.2. The summed E-state index contributed by atoms with van der Waals surface area (Å²) in [4.78, 5) is 11.4. The number of carboxylic acid groups (broad SMARTS) is 1. The Morgan fingerprint density at radius 3 is 2.48 bits per heavy atom. The minimum absolute atomic E-state index is 0.0532. The van der Waals surface area contributed by atoms with Crippen molar-refractivity contribution in [3.05, 3.63) is 104 Å². The molecule has 0 spiro atoms. The Balaban J connectivity index is 1.20. The predicted octanol–water partition coefficient (Wildman–Crippen LogP) is 8.19. The monoisotopic (exact) mass is 577 g/mol. The van der Waals surface area contributed by atoms with Crippen LogP contribution in [0.15, 0.2) is 59.1 Å². The number of benzene rings is 3. The zero-order chi connectivity index (χ0) is 28.2. The number of ether oxygens (including phenoxy) is 1. The second-order valence-electron chi connectivity index (χ2n) is 11.0. The van der Waals surface area contributed by atoms with Gasteiger partial charge in [0.05, 0.1) is 26.8 Å². The molecule has 3 aromatic carbocycles. The van der Waals surface area contributed by atoms with Gasteiger partial charge in [-0.2, -0.15) is 0 Å². The molecule has 1 heterocycles.